The van der Waals surface area contributed by atoms with Gasteiger partial charge in [0, 0.05) is 11.3 Å². The van der Waals surface area contributed by atoms with E-state index in [2.05, 4.69) is 0 Å². The maximum Gasteiger partial charge on any atom is 0.171 e. The Hall–Kier alpha value is -2.74. The highest BCUT2D eigenvalue weighted by atomic mass is 19.1. The number of anilines is 1. The summed E-state index contributed by atoms with van der Waals surface area (Å²) in [4.78, 5) is 0. The summed E-state index contributed by atoms with van der Waals surface area (Å²) in [5, 5.41) is 9.00. The third-order valence-electron chi connectivity index (χ3n) is 2.77. The van der Waals surface area contributed by atoms with Crippen LogP contribution >= 0.6 is 0 Å². The molecule has 0 spiro atoms. The van der Waals surface area contributed by atoms with E-state index >= 15 is 0 Å². The molecule has 0 aliphatic rings. The fourth-order valence-corrected chi connectivity index (χ4v) is 1.74. The second-order valence-corrected chi connectivity index (χ2v) is 4.09. The van der Waals surface area contributed by atoms with Crippen molar-refractivity contribution in [1.29, 1.82) is 5.26 Å². The zero-order valence-corrected chi connectivity index (χ0v) is 10.9. The molecule has 4 nitrogen and oxygen atoms in total. The lowest BCUT2D eigenvalue weighted by Crippen LogP contribution is -2.02. The molecule has 0 atom stereocenters. The van der Waals surface area contributed by atoms with Gasteiger partial charge in [0.15, 0.2) is 11.6 Å². The third kappa shape index (κ3) is 2.81. The zero-order valence-electron chi connectivity index (χ0n) is 10.9. The van der Waals surface area contributed by atoms with E-state index in [0.29, 0.717) is 22.6 Å². The summed E-state index contributed by atoms with van der Waals surface area (Å²) in [6.07, 6.45) is 0. The molecule has 0 aliphatic carbocycles. The van der Waals surface area contributed by atoms with Crippen molar-refractivity contribution in [3.05, 3.63) is 53.3 Å². The van der Waals surface area contributed by atoms with E-state index in [1.807, 2.05) is 6.07 Å². The van der Waals surface area contributed by atoms with Crippen LogP contribution in [0.25, 0.3) is 0 Å². The molecular formula is C15H13FN2O2. The summed E-state index contributed by atoms with van der Waals surface area (Å²) in [6, 6.07) is 11.5. The SMILES string of the molecule is COc1cccc(COc2ccc(N)cc2C#N)c1F. The molecule has 20 heavy (non-hydrogen) atoms. The highest BCUT2D eigenvalue weighted by molar-refractivity contribution is 5.53. The molecule has 0 fully saturated rings. The number of hydrogen-bond donors (Lipinski definition) is 1. The van der Waals surface area contributed by atoms with Crippen LogP contribution in [0.5, 0.6) is 11.5 Å². The van der Waals surface area contributed by atoms with Gasteiger partial charge in [0.2, 0.25) is 0 Å². The van der Waals surface area contributed by atoms with Gasteiger partial charge in [0.25, 0.3) is 0 Å². The van der Waals surface area contributed by atoms with Crippen LogP contribution in [0, 0.1) is 17.1 Å². The van der Waals surface area contributed by atoms with Crippen LogP contribution in [-0.4, -0.2) is 7.11 Å². The van der Waals surface area contributed by atoms with Crippen LogP contribution in [0.1, 0.15) is 11.1 Å². The van der Waals surface area contributed by atoms with Gasteiger partial charge in [-0.15, -0.1) is 0 Å². The molecule has 0 heterocycles. The predicted octanol–water partition coefficient (Wildman–Crippen LogP) is 2.87. The van der Waals surface area contributed by atoms with Crippen molar-refractivity contribution in [2.45, 2.75) is 6.61 Å². The molecule has 0 saturated carbocycles. The first-order valence-corrected chi connectivity index (χ1v) is 5.89. The van der Waals surface area contributed by atoms with Crippen LogP contribution in [0.15, 0.2) is 36.4 Å². The fraction of sp³-hybridized carbons (Fsp3) is 0.133. The van der Waals surface area contributed by atoms with Crippen molar-refractivity contribution in [1.82, 2.24) is 0 Å². The van der Waals surface area contributed by atoms with Gasteiger partial charge in [0.1, 0.15) is 18.4 Å². The number of benzene rings is 2. The first-order valence-electron chi connectivity index (χ1n) is 5.89. The predicted molar refractivity (Wildman–Crippen MR) is 72.9 cm³/mol. The Bertz CT molecular complexity index is 665. The number of nitrogens with two attached hydrogens (primary N) is 1. The van der Waals surface area contributed by atoms with Crippen LogP contribution in [0.3, 0.4) is 0 Å². The topological polar surface area (TPSA) is 68.3 Å². The summed E-state index contributed by atoms with van der Waals surface area (Å²) < 4.78 is 24.3. The average molecular weight is 272 g/mol. The lowest BCUT2D eigenvalue weighted by molar-refractivity contribution is 0.295. The number of hydrogen-bond acceptors (Lipinski definition) is 4. The summed E-state index contributed by atoms with van der Waals surface area (Å²) in [5.41, 5.74) is 6.73. The molecule has 0 amide bonds. The van der Waals surface area contributed by atoms with E-state index in [9.17, 15) is 4.39 Å². The second-order valence-electron chi connectivity index (χ2n) is 4.09. The Balaban J connectivity index is 2.20. The quantitative estimate of drug-likeness (QED) is 0.869. The Morgan fingerprint density at radius 2 is 2.05 bits per heavy atom. The number of rotatable bonds is 4. The maximum atomic E-state index is 13.9. The Morgan fingerprint density at radius 3 is 2.75 bits per heavy atom. The van der Waals surface area contributed by atoms with Gasteiger partial charge >= 0.3 is 0 Å². The van der Waals surface area contributed by atoms with Gasteiger partial charge < -0.3 is 15.2 Å². The van der Waals surface area contributed by atoms with E-state index in [4.69, 9.17) is 20.5 Å². The average Bonchev–Trinajstić information content (AvgIpc) is 2.47. The number of halogens is 1. The highest BCUT2D eigenvalue weighted by Gasteiger charge is 2.10. The van der Waals surface area contributed by atoms with Crippen molar-refractivity contribution in [3.63, 3.8) is 0 Å². The first kappa shape index (κ1) is 13.7. The normalized spacial score (nSPS) is 9.85. The fourth-order valence-electron chi connectivity index (χ4n) is 1.74. The van der Waals surface area contributed by atoms with Crippen LogP contribution in [-0.2, 0) is 6.61 Å². The van der Waals surface area contributed by atoms with Crippen molar-refractivity contribution in [2.75, 3.05) is 12.8 Å². The minimum absolute atomic E-state index is 0.00162. The first-order chi connectivity index (χ1) is 9.65. The summed E-state index contributed by atoms with van der Waals surface area (Å²) in [6.45, 7) is 0.00162. The summed E-state index contributed by atoms with van der Waals surface area (Å²) in [7, 11) is 1.40. The third-order valence-corrected chi connectivity index (χ3v) is 2.77. The van der Waals surface area contributed by atoms with Gasteiger partial charge in [-0.05, 0) is 24.3 Å². The molecule has 2 aromatic rings. The van der Waals surface area contributed by atoms with Crippen molar-refractivity contribution in [2.24, 2.45) is 0 Å². The second kappa shape index (κ2) is 5.93. The van der Waals surface area contributed by atoms with E-state index < -0.39 is 5.82 Å². The van der Waals surface area contributed by atoms with Crippen LogP contribution in [0.2, 0.25) is 0 Å². The van der Waals surface area contributed by atoms with Crippen molar-refractivity contribution < 1.29 is 13.9 Å². The maximum absolute atomic E-state index is 13.9. The molecule has 2 aromatic carbocycles. The van der Waals surface area contributed by atoms with Gasteiger partial charge in [-0.2, -0.15) is 5.26 Å². The van der Waals surface area contributed by atoms with E-state index in [1.165, 1.54) is 19.2 Å². The standard InChI is InChI=1S/C15H13FN2O2/c1-19-14-4-2-3-10(15(14)16)9-20-13-6-5-12(18)7-11(13)8-17/h2-7H,9,18H2,1H3. The van der Waals surface area contributed by atoms with Gasteiger partial charge in [-0.1, -0.05) is 12.1 Å². The largest absolute Gasteiger partial charge is 0.494 e. The van der Waals surface area contributed by atoms with E-state index in [1.54, 1.807) is 24.3 Å². The van der Waals surface area contributed by atoms with Gasteiger partial charge in [-0.3, -0.25) is 0 Å². The van der Waals surface area contributed by atoms with Crippen molar-refractivity contribution in [3.8, 4) is 17.6 Å². The number of nitrogens with zero attached hydrogens (tertiary/aromatic N) is 1. The number of nitriles is 1. The minimum Gasteiger partial charge on any atom is -0.494 e. The van der Waals surface area contributed by atoms with Gasteiger partial charge in [0.05, 0.1) is 12.7 Å². The molecule has 0 saturated heterocycles. The molecular weight excluding hydrogens is 259 g/mol. The molecule has 0 bridgehead atoms. The Morgan fingerprint density at radius 1 is 1.25 bits per heavy atom. The smallest absolute Gasteiger partial charge is 0.171 e. The lowest BCUT2D eigenvalue weighted by Gasteiger charge is -2.10. The molecule has 0 aliphatic heterocycles. The number of nitrogen functional groups attached to an aromatic ring is 1. The number of methoxy groups -OCH3 is 1. The van der Waals surface area contributed by atoms with Crippen LogP contribution < -0.4 is 15.2 Å². The molecule has 0 unspecified atom stereocenters. The van der Waals surface area contributed by atoms with Gasteiger partial charge in [-0.25, -0.2) is 4.39 Å². The van der Waals surface area contributed by atoms with E-state index in [0.717, 1.165) is 0 Å². The number of ether oxygens (including phenoxy) is 2. The Kier molecular flexibility index (Phi) is 4.06. The molecule has 2 N–H and O–H groups in total. The molecule has 0 aromatic heterocycles. The zero-order chi connectivity index (χ0) is 14.5. The molecule has 2 rings (SSSR count). The van der Waals surface area contributed by atoms with Crippen LogP contribution in [0.4, 0.5) is 10.1 Å². The molecule has 102 valence electrons. The summed E-state index contributed by atoms with van der Waals surface area (Å²) in [5.74, 6) is 0.0526. The Labute approximate surface area is 116 Å². The molecule has 0 radical (unpaired) electrons. The summed E-state index contributed by atoms with van der Waals surface area (Å²) >= 11 is 0. The van der Waals surface area contributed by atoms with E-state index in [-0.39, 0.29) is 12.4 Å². The molecule has 5 heteroatoms. The highest BCUT2D eigenvalue weighted by Crippen LogP contribution is 2.24. The lowest BCUT2D eigenvalue weighted by atomic mass is 10.2. The minimum atomic E-state index is -0.469. The van der Waals surface area contributed by atoms with Crippen molar-refractivity contribution >= 4 is 5.69 Å². The monoisotopic (exact) mass is 272 g/mol.